The van der Waals surface area contributed by atoms with Crippen molar-refractivity contribution in [3.05, 3.63) is 18.0 Å². The predicted molar refractivity (Wildman–Crippen MR) is 50.1 cm³/mol. The van der Waals surface area contributed by atoms with Gasteiger partial charge in [-0.2, -0.15) is 5.10 Å². The van der Waals surface area contributed by atoms with Gasteiger partial charge in [0.15, 0.2) is 0 Å². The highest BCUT2D eigenvalue weighted by Crippen LogP contribution is 2.14. The quantitative estimate of drug-likeness (QED) is 0.741. The van der Waals surface area contributed by atoms with Gasteiger partial charge in [-0.1, -0.05) is 6.92 Å². The second-order valence-corrected chi connectivity index (χ2v) is 3.48. The van der Waals surface area contributed by atoms with Gasteiger partial charge < -0.3 is 5.73 Å². The monoisotopic (exact) mass is 167 g/mol. The fourth-order valence-electron chi connectivity index (χ4n) is 1.03. The summed E-state index contributed by atoms with van der Waals surface area (Å²) in [5, 5.41) is 4.25. The van der Waals surface area contributed by atoms with Gasteiger partial charge in [-0.3, -0.25) is 4.68 Å². The Labute approximate surface area is 73.6 Å². The van der Waals surface area contributed by atoms with Crippen LogP contribution in [0.15, 0.2) is 12.4 Å². The van der Waals surface area contributed by atoms with E-state index in [2.05, 4.69) is 32.1 Å². The summed E-state index contributed by atoms with van der Waals surface area (Å²) >= 11 is 0. The molecule has 0 saturated carbocycles. The van der Waals surface area contributed by atoms with Crippen LogP contribution in [0.2, 0.25) is 0 Å². The van der Waals surface area contributed by atoms with Crippen molar-refractivity contribution in [3.63, 3.8) is 0 Å². The molecule has 0 saturated heterocycles. The first-order valence-electron chi connectivity index (χ1n) is 4.39. The zero-order valence-corrected chi connectivity index (χ0v) is 7.99. The molecule has 1 heterocycles. The normalized spacial score (nSPS) is 13.8. The van der Waals surface area contributed by atoms with E-state index < -0.39 is 0 Å². The molecule has 0 aliphatic carbocycles. The van der Waals surface area contributed by atoms with Gasteiger partial charge in [-0.05, 0) is 31.9 Å². The van der Waals surface area contributed by atoms with Crippen LogP contribution in [0, 0.1) is 0 Å². The van der Waals surface area contributed by atoms with Gasteiger partial charge in [-0.15, -0.1) is 0 Å². The molecule has 1 rings (SSSR count). The molecule has 0 radical (unpaired) electrons. The lowest BCUT2D eigenvalue weighted by molar-refractivity contribution is 0.531. The fraction of sp³-hybridized carbons (Fsp3) is 0.667. The summed E-state index contributed by atoms with van der Waals surface area (Å²) in [6.45, 7) is 7.03. The highest BCUT2D eigenvalue weighted by atomic mass is 15.3. The van der Waals surface area contributed by atoms with Gasteiger partial charge in [0.1, 0.15) is 0 Å². The summed E-state index contributed by atoms with van der Waals surface area (Å²) < 4.78 is 1.96. The van der Waals surface area contributed by atoms with Gasteiger partial charge in [0.2, 0.25) is 0 Å². The predicted octanol–water partition coefficient (Wildman–Crippen LogP) is 1.53. The Balaban J connectivity index is 2.77. The third-order valence-electron chi connectivity index (χ3n) is 2.07. The Morgan fingerprint density at radius 3 is 2.58 bits per heavy atom. The van der Waals surface area contributed by atoms with Crippen LogP contribution < -0.4 is 5.73 Å². The number of hydrogen-bond donors (Lipinski definition) is 1. The molecule has 0 spiro atoms. The summed E-state index contributed by atoms with van der Waals surface area (Å²) in [5.41, 5.74) is 6.78. The fourth-order valence-corrected chi connectivity index (χ4v) is 1.03. The SMILES string of the molecule is CC(CN)c1cnn(C(C)C)c1. The molecule has 2 N–H and O–H groups in total. The highest BCUT2D eigenvalue weighted by molar-refractivity contribution is 5.10. The summed E-state index contributed by atoms with van der Waals surface area (Å²) in [7, 11) is 0. The first-order chi connectivity index (χ1) is 5.65. The van der Waals surface area contributed by atoms with Crippen LogP contribution in [0.1, 0.15) is 38.3 Å². The third kappa shape index (κ3) is 1.85. The van der Waals surface area contributed by atoms with Crippen LogP contribution in [-0.4, -0.2) is 16.3 Å². The second kappa shape index (κ2) is 3.72. The minimum Gasteiger partial charge on any atom is -0.330 e. The van der Waals surface area contributed by atoms with Crippen LogP contribution in [-0.2, 0) is 0 Å². The molecule has 68 valence electrons. The zero-order chi connectivity index (χ0) is 9.14. The number of rotatable bonds is 3. The van der Waals surface area contributed by atoms with Crippen molar-refractivity contribution < 1.29 is 0 Å². The van der Waals surface area contributed by atoms with Crippen LogP contribution in [0.3, 0.4) is 0 Å². The maximum atomic E-state index is 5.55. The van der Waals surface area contributed by atoms with Crippen molar-refractivity contribution in [3.8, 4) is 0 Å². The van der Waals surface area contributed by atoms with E-state index >= 15 is 0 Å². The van der Waals surface area contributed by atoms with Crippen molar-refractivity contribution in [1.29, 1.82) is 0 Å². The minimum atomic E-state index is 0.414. The average molecular weight is 167 g/mol. The van der Waals surface area contributed by atoms with E-state index in [0.29, 0.717) is 18.5 Å². The maximum absolute atomic E-state index is 5.55. The van der Waals surface area contributed by atoms with E-state index in [1.54, 1.807) is 0 Å². The first kappa shape index (κ1) is 9.26. The molecule has 1 unspecified atom stereocenters. The molecule has 3 nitrogen and oxygen atoms in total. The van der Waals surface area contributed by atoms with Gasteiger partial charge in [0, 0.05) is 12.2 Å². The van der Waals surface area contributed by atoms with Gasteiger partial charge in [0.05, 0.1) is 6.20 Å². The number of nitrogens with two attached hydrogens (primary N) is 1. The summed E-state index contributed by atoms with van der Waals surface area (Å²) in [6.07, 6.45) is 3.97. The molecule has 0 bridgehead atoms. The summed E-state index contributed by atoms with van der Waals surface area (Å²) in [5.74, 6) is 0.414. The van der Waals surface area contributed by atoms with Crippen LogP contribution >= 0.6 is 0 Å². The summed E-state index contributed by atoms with van der Waals surface area (Å²) in [6, 6.07) is 0.434. The molecular weight excluding hydrogens is 150 g/mol. The Morgan fingerprint density at radius 1 is 1.50 bits per heavy atom. The lowest BCUT2D eigenvalue weighted by Gasteiger charge is -2.05. The number of nitrogens with zero attached hydrogens (tertiary/aromatic N) is 2. The van der Waals surface area contributed by atoms with Crippen molar-refractivity contribution in [2.24, 2.45) is 5.73 Å². The van der Waals surface area contributed by atoms with E-state index in [1.807, 2.05) is 10.9 Å². The lowest BCUT2D eigenvalue weighted by Crippen LogP contribution is -2.08. The van der Waals surface area contributed by atoms with Gasteiger partial charge >= 0.3 is 0 Å². The van der Waals surface area contributed by atoms with Crippen LogP contribution in [0.4, 0.5) is 0 Å². The van der Waals surface area contributed by atoms with Gasteiger partial charge in [-0.25, -0.2) is 0 Å². The third-order valence-corrected chi connectivity index (χ3v) is 2.07. The lowest BCUT2D eigenvalue weighted by atomic mass is 10.1. The second-order valence-electron chi connectivity index (χ2n) is 3.48. The van der Waals surface area contributed by atoms with Crippen molar-refractivity contribution >= 4 is 0 Å². The topological polar surface area (TPSA) is 43.8 Å². The van der Waals surface area contributed by atoms with Crippen molar-refractivity contribution in [1.82, 2.24) is 9.78 Å². The first-order valence-corrected chi connectivity index (χ1v) is 4.39. The maximum Gasteiger partial charge on any atom is 0.0525 e. The molecule has 0 aliphatic rings. The van der Waals surface area contributed by atoms with Crippen molar-refractivity contribution in [2.75, 3.05) is 6.54 Å². The highest BCUT2D eigenvalue weighted by Gasteiger charge is 2.06. The van der Waals surface area contributed by atoms with Crippen LogP contribution in [0.5, 0.6) is 0 Å². The molecule has 0 amide bonds. The van der Waals surface area contributed by atoms with E-state index in [0.717, 1.165) is 0 Å². The molecule has 3 heteroatoms. The molecule has 1 aromatic rings. The Bertz CT molecular complexity index is 240. The smallest absolute Gasteiger partial charge is 0.0525 e. The molecule has 0 fully saturated rings. The average Bonchev–Trinajstić information content (AvgIpc) is 2.51. The van der Waals surface area contributed by atoms with Crippen molar-refractivity contribution in [2.45, 2.75) is 32.7 Å². The largest absolute Gasteiger partial charge is 0.330 e. The van der Waals surface area contributed by atoms with E-state index in [9.17, 15) is 0 Å². The Hall–Kier alpha value is -0.830. The molecule has 0 aromatic carbocycles. The van der Waals surface area contributed by atoms with Gasteiger partial charge in [0.25, 0.3) is 0 Å². The molecular formula is C9H17N3. The number of aromatic nitrogens is 2. The molecule has 0 aliphatic heterocycles. The molecule has 1 atom stereocenters. The van der Waals surface area contributed by atoms with E-state index in [-0.39, 0.29) is 0 Å². The zero-order valence-electron chi connectivity index (χ0n) is 7.99. The molecule has 1 aromatic heterocycles. The summed E-state index contributed by atoms with van der Waals surface area (Å²) in [4.78, 5) is 0. The minimum absolute atomic E-state index is 0.414. The van der Waals surface area contributed by atoms with E-state index in [1.165, 1.54) is 5.56 Å². The Morgan fingerprint density at radius 2 is 2.17 bits per heavy atom. The standard InChI is InChI=1S/C9H17N3/c1-7(2)12-6-9(5-11-12)8(3)4-10/h5-8H,4,10H2,1-3H3. The number of hydrogen-bond acceptors (Lipinski definition) is 2. The molecule has 12 heavy (non-hydrogen) atoms. The van der Waals surface area contributed by atoms with E-state index in [4.69, 9.17) is 5.73 Å². The Kier molecular flexibility index (Phi) is 2.87. The van der Waals surface area contributed by atoms with Crippen LogP contribution in [0.25, 0.3) is 0 Å².